The van der Waals surface area contributed by atoms with Crippen molar-refractivity contribution in [3.05, 3.63) is 121 Å². The Labute approximate surface area is 376 Å². The van der Waals surface area contributed by atoms with Crippen LogP contribution in [0.1, 0.15) is 70.8 Å². The zero-order chi connectivity index (χ0) is 45.8. The second-order valence-corrected chi connectivity index (χ2v) is 16.7. The van der Waals surface area contributed by atoms with Crippen molar-refractivity contribution in [1.29, 1.82) is 0 Å². The van der Waals surface area contributed by atoms with Gasteiger partial charge in [-0.2, -0.15) is 0 Å². The van der Waals surface area contributed by atoms with Crippen LogP contribution in [0.5, 0.6) is 11.5 Å². The van der Waals surface area contributed by atoms with E-state index in [0.717, 1.165) is 44.7 Å². The lowest BCUT2D eigenvalue weighted by atomic mass is 9.91. The van der Waals surface area contributed by atoms with Crippen LogP contribution in [0.4, 0.5) is 0 Å². The van der Waals surface area contributed by atoms with Gasteiger partial charge in [0.2, 0.25) is 5.91 Å². The molecular formula is C52H65N5O7+2. The van der Waals surface area contributed by atoms with Crippen molar-refractivity contribution in [3.63, 3.8) is 0 Å². The third-order valence-corrected chi connectivity index (χ3v) is 11.0. The summed E-state index contributed by atoms with van der Waals surface area (Å²) >= 11 is 0. The van der Waals surface area contributed by atoms with E-state index in [1.165, 1.54) is 0 Å². The number of Topliss-reactive ketones (excluding diaryl/α,β-unsaturated/α-hetero) is 2. The fourth-order valence-electron chi connectivity index (χ4n) is 7.74. The zero-order valence-corrected chi connectivity index (χ0v) is 37.3. The first kappa shape index (κ1) is 48.5. The van der Waals surface area contributed by atoms with Crippen LogP contribution in [0.2, 0.25) is 0 Å². The summed E-state index contributed by atoms with van der Waals surface area (Å²) in [4.78, 5) is 58.3. The predicted molar refractivity (Wildman–Crippen MR) is 252 cm³/mol. The molecule has 12 heteroatoms. The minimum atomic E-state index is -0.947. The van der Waals surface area contributed by atoms with Crippen molar-refractivity contribution in [3.8, 4) is 22.6 Å². The molecule has 0 unspecified atom stereocenters. The summed E-state index contributed by atoms with van der Waals surface area (Å²) in [7, 11) is 0. The van der Waals surface area contributed by atoms with Gasteiger partial charge >= 0.3 is 11.9 Å². The number of ketones is 2. The fraction of sp³-hybridized carbons (Fsp3) is 0.365. The highest BCUT2D eigenvalue weighted by Gasteiger charge is 2.31. The highest BCUT2D eigenvalue weighted by Crippen LogP contribution is 2.45. The van der Waals surface area contributed by atoms with Crippen LogP contribution < -0.4 is 37.0 Å². The number of ether oxygens (including phenoxy) is 3. The van der Waals surface area contributed by atoms with Crippen molar-refractivity contribution in [2.24, 2.45) is 29.2 Å². The topological polar surface area (TPSA) is 202 Å². The van der Waals surface area contributed by atoms with E-state index >= 15 is 0 Å². The van der Waals surface area contributed by atoms with Crippen LogP contribution in [-0.2, 0) is 30.5 Å². The number of quaternary nitrogens is 1. The molecule has 5 aromatic rings. The number of hydrogen-bond donors (Lipinski definition) is 5. The van der Waals surface area contributed by atoms with E-state index in [4.69, 9.17) is 25.7 Å². The minimum Gasteiger partial charge on any atom is -0.493 e. The van der Waals surface area contributed by atoms with Crippen molar-refractivity contribution >= 4 is 50.9 Å². The van der Waals surface area contributed by atoms with E-state index in [-0.39, 0.29) is 56.4 Å². The number of allylic oxidation sites excluding steroid dienone is 1. The summed E-state index contributed by atoms with van der Waals surface area (Å²) in [5.41, 5.74) is 17.7. The molecule has 12 nitrogen and oxygen atoms in total. The summed E-state index contributed by atoms with van der Waals surface area (Å²) < 4.78 is 18.5. The maximum absolute atomic E-state index is 14.2. The van der Waals surface area contributed by atoms with Crippen LogP contribution in [0, 0.1) is 17.8 Å². The zero-order valence-electron chi connectivity index (χ0n) is 37.3. The molecule has 0 spiro atoms. The Morgan fingerprint density at radius 2 is 1.38 bits per heavy atom. The predicted octanol–water partition coefficient (Wildman–Crippen LogP) is 5.58. The molecule has 64 heavy (non-hydrogen) atoms. The summed E-state index contributed by atoms with van der Waals surface area (Å²) in [6, 6.07) is 32.4. The van der Waals surface area contributed by atoms with Gasteiger partial charge < -0.3 is 25.3 Å². The number of rotatable bonds is 27. The molecule has 0 aliphatic rings. The van der Waals surface area contributed by atoms with E-state index in [1.54, 1.807) is 6.08 Å². The number of fused-ring (bicyclic) bond motifs is 2. The Kier molecular flexibility index (Phi) is 18.9. The smallest absolute Gasteiger partial charge is 0.338 e. The molecule has 0 aliphatic heterocycles. The van der Waals surface area contributed by atoms with Crippen LogP contribution in [0.15, 0.2) is 116 Å². The van der Waals surface area contributed by atoms with E-state index < -0.39 is 29.8 Å². The number of unbranched alkanes of at least 4 members (excludes halogenated alkanes) is 1. The molecule has 0 radical (unpaired) electrons. The molecular weight excluding hydrogens is 807 g/mol. The van der Waals surface area contributed by atoms with Crippen LogP contribution in [0.25, 0.3) is 32.7 Å². The van der Waals surface area contributed by atoms with Gasteiger partial charge in [0.25, 0.3) is 0 Å². The van der Waals surface area contributed by atoms with Gasteiger partial charge in [-0.3, -0.25) is 35.6 Å². The van der Waals surface area contributed by atoms with Crippen LogP contribution in [0.3, 0.4) is 0 Å². The van der Waals surface area contributed by atoms with Gasteiger partial charge in [-0.05, 0) is 83.7 Å². The van der Waals surface area contributed by atoms with Gasteiger partial charge in [0, 0.05) is 29.9 Å². The lowest BCUT2D eigenvalue weighted by molar-refractivity contribution is -0.459. The minimum absolute atomic E-state index is 0.0400. The number of nitrogens with one attached hydrogen (secondary N) is 2. The van der Waals surface area contributed by atoms with Crippen molar-refractivity contribution in [1.82, 2.24) is 5.32 Å². The molecule has 0 saturated heterocycles. The SMILES string of the molecule is C=CC[C@H](CC(=O)[C@@H](CCC[NH+]=C(N)N)NC(=O)[C@@H](CCCC[NH3+])CC(=O)COc1ccc2ccccc2c1-c1c(OCC(C)C)ccc2ccccc12)C(=O)OCc1ccccc1. The highest BCUT2D eigenvalue weighted by atomic mass is 16.5. The number of nitrogens with two attached hydrogens (primary N) is 2. The first-order valence-electron chi connectivity index (χ1n) is 22.4. The van der Waals surface area contributed by atoms with Gasteiger partial charge in [-0.25, -0.2) is 0 Å². The quantitative estimate of drug-likeness (QED) is 0.0147. The molecule has 0 saturated carbocycles. The molecule has 1 amide bonds. The summed E-state index contributed by atoms with van der Waals surface area (Å²) in [6.07, 6.45) is 4.04. The van der Waals surface area contributed by atoms with E-state index in [9.17, 15) is 19.2 Å². The van der Waals surface area contributed by atoms with E-state index in [0.29, 0.717) is 56.4 Å². The fourth-order valence-corrected chi connectivity index (χ4v) is 7.74. The average molecular weight is 872 g/mol. The number of carbonyl (C=O) groups excluding carboxylic acids is 4. The Hall–Kier alpha value is -6.53. The number of guanidine groups is 1. The molecule has 3 atom stereocenters. The van der Waals surface area contributed by atoms with Gasteiger partial charge in [0.1, 0.15) is 24.7 Å². The molecule has 9 N–H and O–H groups in total. The maximum atomic E-state index is 14.2. The summed E-state index contributed by atoms with van der Waals surface area (Å²) in [5.74, 6) is -1.52. The summed E-state index contributed by atoms with van der Waals surface area (Å²) in [5, 5.41) is 6.94. The Morgan fingerprint density at radius 3 is 1.98 bits per heavy atom. The lowest BCUT2D eigenvalue weighted by Gasteiger charge is -2.23. The standard InChI is InChI=1S/C52H63N5O7/c1-4-15-40(51(61)64-33-36-16-6-5-7-17-36)31-45(59)44(23-14-29-56-52(54)55)57-50(60)39(20-12-13-28-53)30-41(58)34-63-47-27-25-38-19-9-11-22-43(38)49(47)48-42-21-10-8-18-37(42)24-26-46(48)62-32-35(2)3/h4-11,16-19,21-22,24-27,35,39-40,44H,1,12-15,20,23,28-34,53H2,2-3H3,(H,57,60)(H4,54,55,56)/p+2/t39-,40+,44+/m0/s1. The second kappa shape index (κ2) is 24.9. The first-order valence-corrected chi connectivity index (χ1v) is 22.4. The number of amides is 1. The highest BCUT2D eigenvalue weighted by molar-refractivity contribution is 6.10. The normalized spacial score (nSPS) is 12.6. The Morgan fingerprint density at radius 1 is 0.750 bits per heavy atom. The van der Waals surface area contributed by atoms with Crippen molar-refractivity contribution in [2.75, 3.05) is 26.3 Å². The molecule has 0 heterocycles. The summed E-state index contributed by atoms with van der Waals surface area (Å²) in [6.45, 7) is 9.33. The number of benzene rings is 5. The second-order valence-electron chi connectivity index (χ2n) is 16.7. The van der Waals surface area contributed by atoms with Gasteiger partial charge in [0.15, 0.2) is 11.6 Å². The third-order valence-electron chi connectivity index (χ3n) is 11.0. The number of carbonyl (C=O) groups is 4. The molecule has 5 rings (SSSR count). The molecule has 0 bridgehead atoms. The molecule has 0 fully saturated rings. The molecule has 5 aromatic carbocycles. The van der Waals surface area contributed by atoms with Gasteiger partial charge in [-0.15, -0.1) is 6.58 Å². The number of hydrogen-bond acceptors (Lipinski definition) is 7. The molecule has 0 aliphatic carbocycles. The first-order chi connectivity index (χ1) is 31.0. The van der Waals surface area contributed by atoms with E-state index in [2.05, 4.69) is 48.6 Å². The van der Waals surface area contributed by atoms with Gasteiger partial charge in [-0.1, -0.05) is 111 Å². The van der Waals surface area contributed by atoms with Crippen molar-refractivity contribution in [2.45, 2.75) is 77.9 Å². The van der Waals surface area contributed by atoms with E-state index in [1.807, 2.05) is 91.0 Å². The van der Waals surface area contributed by atoms with Crippen molar-refractivity contribution < 1.29 is 44.1 Å². The van der Waals surface area contributed by atoms with Crippen LogP contribution in [-0.4, -0.2) is 61.7 Å². The maximum Gasteiger partial charge on any atom is 0.338 e. The number of esters is 1. The lowest BCUT2D eigenvalue weighted by Crippen LogP contribution is -2.78. The Bertz CT molecular complexity index is 2380. The monoisotopic (exact) mass is 871 g/mol. The average Bonchev–Trinajstić information content (AvgIpc) is 3.29. The largest absolute Gasteiger partial charge is 0.493 e. The molecule has 338 valence electrons. The third kappa shape index (κ3) is 14.2. The molecule has 0 aromatic heterocycles. The van der Waals surface area contributed by atoms with Gasteiger partial charge in [0.05, 0.1) is 31.7 Å². The Balaban J connectivity index is 1.36. The van der Waals surface area contributed by atoms with Crippen LogP contribution >= 0.6 is 0 Å².